The number of carbonyl (C=O) groups excluding carboxylic acids is 1. The van der Waals surface area contributed by atoms with E-state index in [1.807, 2.05) is 13.8 Å². The lowest BCUT2D eigenvalue weighted by molar-refractivity contribution is 0.0934. The van der Waals surface area contributed by atoms with Crippen LogP contribution < -0.4 is 5.32 Å². The van der Waals surface area contributed by atoms with Crippen molar-refractivity contribution in [2.45, 2.75) is 40.5 Å². The average Bonchev–Trinajstić information content (AvgIpc) is 2.25. The van der Waals surface area contributed by atoms with Crippen molar-refractivity contribution in [1.82, 2.24) is 15.3 Å². The molecule has 100 valence electrons. The molecule has 0 unspecified atom stereocenters. The summed E-state index contributed by atoms with van der Waals surface area (Å²) in [6.07, 6.45) is 1.48. The quantitative estimate of drug-likeness (QED) is 0.918. The average molecular weight is 270 g/mol. The number of nitrogens with zero attached hydrogens (tertiary/aromatic N) is 2. The molecule has 0 fully saturated rings. The second-order valence-corrected chi connectivity index (χ2v) is 6.23. The molecule has 0 radical (unpaired) electrons. The summed E-state index contributed by atoms with van der Waals surface area (Å²) >= 11 is 5.96. The molecule has 1 amide bonds. The molecule has 0 aliphatic rings. The molecular weight excluding hydrogens is 250 g/mol. The van der Waals surface area contributed by atoms with Crippen LogP contribution in [0.5, 0.6) is 0 Å². The highest BCUT2D eigenvalue weighted by Gasteiger charge is 2.18. The highest BCUT2D eigenvalue weighted by atomic mass is 35.5. The third-order valence-electron chi connectivity index (χ3n) is 2.27. The first kappa shape index (κ1) is 14.9. The second kappa shape index (κ2) is 5.65. The number of hydrogen-bond donors (Lipinski definition) is 1. The van der Waals surface area contributed by atoms with Crippen LogP contribution in [-0.2, 0) is 0 Å². The number of aromatic nitrogens is 2. The Morgan fingerprint density at radius 2 is 2.06 bits per heavy atom. The van der Waals surface area contributed by atoms with Crippen molar-refractivity contribution in [1.29, 1.82) is 0 Å². The molecule has 0 bridgehead atoms. The van der Waals surface area contributed by atoms with Crippen molar-refractivity contribution in [3.8, 4) is 0 Å². The Labute approximate surface area is 113 Å². The summed E-state index contributed by atoms with van der Waals surface area (Å²) < 4.78 is 0. The maximum absolute atomic E-state index is 12.0. The van der Waals surface area contributed by atoms with Gasteiger partial charge in [0, 0.05) is 12.5 Å². The Bertz CT molecular complexity index is 438. The molecule has 0 atom stereocenters. The van der Waals surface area contributed by atoms with E-state index in [1.165, 1.54) is 6.20 Å². The Kier molecular flexibility index (Phi) is 4.68. The predicted octanol–water partition coefficient (Wildman–Crippen LogP) is 3.03. The summed E-state index contributed by atoms with van der Waals surface area (Å²) in [5.74, 6) is 0.538. The van der Waals surface area contributed by atoms with Gasteiger partial charge < -0.3 is 5.32 Å². The molecule has 1 N–H and O–H groups in total. The van der Waals surface area contributed by atoms with E-state index in [4.69, 9.17) is 11.6 Å². The SMILES string of the molecule is CC(C)c1ncc(Cl)c(C(=O)NCC(C)(C)C)n1. The molecule has 4 nitrogen and oxygen atoms in total. The van der Waals surface area contributed by atoms with Crippen LogP contribution in [0.1, 0.15) is 56.8 Å². The van der Waals surface area contributed by atoms with Crippen molar-refractivity contribution in [3.63, 3.8) is 0 Å². The number of carbonyl (C=O) groups is 1. The summed E-state index contributed by atoms with van der Waals surface area (Å²) in [5.41, 5.74) is 0.273. The summed E-state index contributed by atoms with van der Waals surface area (Å²) in [4.78, 5) is 20.3. The molecule has 1 aromatic rings. The van der Waals surface area contributed by atoms with Crippen LogP contribution in [0.3, 0.4) is 0 Å². The van der Waals surface area contributed by atoms with E-state index in [9.17, 15) is 4.79 Å². The van der Waals surface area contributed by atoms with Gasteiger partial charge in [-0.05, 0) is 5.41 Å². The largest absolute Gasteiger partial charge is 0.350 e. The third kappa shape index (κ3) is 4.26. The van der Waals surface area contributed by atoms with Crippen molar-refractivity contribution < 1.29 is 4.79 Å². The molecule has 0 saturated carbocycles. The first-order chi connectivity index (χ1) is 8.20. The van der Waals surface area contributed by atoms with E-state index in [1.54, 1.807) is 0 Å². The van der Waals surface area contributed by atoms with Gasteiger partial charge in [-0.25, -0.2) is 9.97 Å². The zero-order valence-corrected chi connectivity index (χ0v) is 12.3. The minimum atomic E-state index is -0.251. The normalized spacial score (nSPS) is 11.7. The van der Waals surface area contributed by atoms with Gasteiger partial charge in [0.15, 0.2) is 0 Å². The zero-order valence-electron chi connectivity index (χ0n) is 11.5. The summed E-state index contributed by atoms with van der Waals surface area (Å²) in [6, 6.07) is 0. The van der Waals surface area contributed by atoms with Gasteiger partial charge in [-0.15, -0.1) is 0 Å². The first-order valence-corrected chi connectivity index (χ1v) is 6.39. The van der Waals surface area contributed by atoms with Crippen LogP contribution in [0, 0.1) is 5.41 Å². The monoisotopic (exact) mass is 269 g/mol. The van der Waals surface area contributed by atoms with E-state index in [2.05, 4.69) is 36.1 Å². The molecule has 0 aliphatic heterocycles. The van der Waals surface area contributed by atoms with Crippen molar-refractivity contribution in [2.75, 3.05) is 6.54 Å². The van der Waals surface area contributed by atoms with E-state index >= 15 is 0 Å². The van der Waals surface area contributed by atoms with Crippen LogP contribution in [-0.4, -0.2) is 22.4 Å². The number of hydrogen-bond acceptors (Lipinski definition) is 3. The fraction of sp³-hybridized carbons (Fsp3) is 0.615. The number of amides is 1. The molecule has 0 aromatic carbocycles. The van der Waals surface area contributed by atoms with Crippen molar-refractivity contribution in [3.05, 3.63) is 22.7 Å². The van der Waals surface area contributed by atoms with Gasteiger partial charge in [0.1, 0.15) is 11.5 Å². The minimum absolute atomic E-state index is 0.0239. The predicted molar refractivity (Wildman–Crippen MR) is 72.9 cm³/mol. The fourth-order valence-corrected chi connectivity index (χ4v) is 1.42. The molecule has 1 rings (SSSR count). The number of nitrogens with one attached hydrogen (secondary N) is 1. The Balaban J connectivity index is 2.88. The summed E-state index contributed by atoms with van der Waals surface area (Å²) in [7, 11) is 0. The standard InChI is InChI=1S/C13H20ClN3O/c1-8(2)11-15-6-9(14)10(17-11)12(18)16-7-13(3,4)5/h6,8H,7H2,1-5H3,(H,16,18). The van der Waals surface area contributed by atoms with Crippen LogP contribution in [0.15, 0.2) is 6.20 Å². The van der Waals surface area contributed by atoms with E-state index < -0.39 is 0 Å². The van der Waals surface area contributed by atoms with E-state index in [-0.39, 0.29) is 28.0 Å². The highest BCUT2D eigenvalue weighted by molar-refractivity contribution is 6.33. The lowest BCUT2D eigenvalue weighted by atomic mass is 9.97. The number of rotatable bonds is 3. The first-order valence-electron chi connectivity index (χ1n) is 6.01. The van der Waals surface area contributed by atoms with E-state index in [0.29, 0.717) is 12.4 Å². The summed E-state index contributed by atoms with van der Waals surface area (Å²) in [6.45, 7) is 10.7. The second-order valence-electron chi connectivity index (χ2n) is 5.82. The zero-order chi connectivity index (χ0) is 13.9. The van der Waals surface area contributed by atoms with Crippen molar-refractivity contribution >= 4 is 17.5 Å². The topological polar surface area (TPSA) is 54.9 Å². The Morgan fingerprint density at radius 1 is 1.44 bits per heavy atom. The van der Waals surface area contributed by atoms with Gasteiger partial charge in [0.05, 0.1) is 11.2 Å². The Hall–Kier alpha value is -1.16. The van der Waals surface area contributed by atoms with Crippen LogP contribution in [0.4, 0.5) is 0 Å². The number of halogens is 1. The van der Waals surface area contributed by atoms with Gasteiger partial charge in [0.25, 0.3) is 5.91 Å². The van der Waals surface area contributed by atoms with Gasteiger partial charge >= 0.3 is 0 Å². The van der Waals surface area contributed by atoms with Gasteiger partial charge in [-0.1, -0.05) is 46.2 Å². The van der Waals surface area contributed by atoms with Crippen LogP contribution in [0.25, 0.3) is 0 Å². The Morgan fingerprint density at radius 3 is 2.56 bits per heavy atom. The third-order valence-corrected chi connectivity index (χ3v) is 2.55. The molecule has 18 heavy (non-hydrogen) atoms. The molecular formula is C13H20ClN3O. The molecule has 5 heteroatoms. The maximum atomic E-state index is 12.0. The minimum Gasteiger partial charge on any atom is -0.350 e. The van der Waals surface area contributed by atoms with E-state index in [0.717, 1.165) is 0 Å². The van der Waals surface area contributed by atoms with Crippen LogP contribution in [0.2, 0.25) is 5.02 Å². The van der Waals surface area contributed by atoms with Crippen LogP contribution >= 0.6 is 11.6 Å². The lowest BCUT2D eigenvalue weighted by Gasteiger charge is -2.18. The van der Waals surface area contributed by atoms with Gasteiger partial charge in [0.2, 0.25) is 0 Å². The molecule has 1 aromatic heterocycles. The molecule has 1 heterocycles. The highest BCUT2D eigenvalue weighted by Crippen LogP contribution is 2.17. The summed E-state index contributed by atoms with van der Waals surface area (Å²) in [5, 5.41) is 3.12. The lowest BCUT2D eigenvalue weighted by Crippen LogP contribution is -2.33. The fourth-order valence-electron chi connectivity index (χ4n) is 1.25. The van der Waals surface area contributed by atoms with Gasteiger partial charge in [-0.2, -0.15) is 0 Å². The van der Waals surface area contributed by atoms with Crippen molar-refractivity contribution in [2.24, 2.45) is 5.41 Å². The van der Waals surface area contributed by atoms with Gasteiger partial charge in [-0.3, -0.25) is 4.79 Å². The molecule has 0 spiro atoms. The smallest absolute Gasteiger partial charge is 0.271 e. The molecule has 0 saturated heterocycles. The maximum Gasteiger partial charge on any atom is 0.271 e. The molecule has 0 aliphatic carbocycles.